The normalized spacial score (nSPS) is 18.4. The van der Waals surface area contributed by atoms with Gasteiger partial charge in [-0.15, -0.1) is 5.10 Å². The van der Waals surface area contributed by atoms with Crippen LogP contribution in [0.15, 0.2) is 16.7 Å². The molecule has 0 aromatic carbocycles. The van der Waals surface area contributed by atoms with E-state index < -0.39 is 0 Å². The van der Waals surface area contributed by atoms with Crippen molar-refractivity contribution in [2.45, 2.75) is 32.4 Å². The van der Waals surface area contributed by atoms with Crippen molar-refractivity contribution in [3.8, 4) is 0 Å². The van der Waals surface area contributed by atoms with Crippen molar-refractivity contribution in [1.82, 2.24) is 30.5 Å². The molecule has 0 saturated heterocycles. The van der Waals surface area contributed by atoms with Crippen molar-refractivity contribution in [1.29, 1.82) is 0 Å². The van der Waals surface area contributed by atoms with E-state index in [0.29, 0.717) is 13.1 Å². The lowest BCUT2D eigenvalue weighted by Gasteiger charge is -2.13. The van der Waals surface area contributed by atoms with Crippen LogP contribution in [-0.2, 0) is 24.3 Å². The van der Waals surface area contributed by atoms with Crippen LogP contribution in [-0.4, -0.2) is 31.1 Å². The summed E-state index contributed by atoms with van der Waals surface area (Å²) in [5, 5.41) is 14.5. The fourth-order valence-corrected chi connectivity index (χ4v) is 2.79. The van der Waals surface area contributed by atoms with Gasteiger partial charge in [0.15, 0.2) is 5.82 Å². The van der Waals surface area contributed by atoms with E-state index in [0.717, 1.165) is 35.3 Å². The van der Waals surface area contributed by atoms with Gasteiger partial charge in [0, 0.05) is 35.2 Å². The number of hydrogen-bond acceptors (Lipinski definition) is 4. The van der Waals surface area contributed by atoms with Gasteiger partial charge in [-0.3, -0.25) is 4.79 Å². The second-order valence-corrected chi connectivity index (χ2v) is 5.82. The van der Waals surface area contributed by atoms with Gasteiger partial charge < -0.3 is 10.3 Å². The first-order valence-corrected chi connectivity index (χ1v) is 7.37. The summed E-state index contributed by atoms with van der Waals surface area (Å²) in [5.74, 6) is 0.972. The highest BCUT2D eigenvalue weighted by Crippen LogP contribution is 2.18. The number of halogens is 1. The molecule has 7 nitrogen and oxygen atoms in total. The summed E-state index contributed by atoms with van der Waals surface area (Å²) in [5.41, 5.74) is 0.984. The topological polar surface area (TPSA) is 88.5 Å². The Morgan fingerprint density at radius 2 is 2.45 bits per heavy atom. The predicted octanol–water partition coefficient (Wildman–Crippen LogP) is 1.03. The second-order valence-electron chi connectivity index (χ2n) is 4.90. The van der Waals surface area contributed by atoms with Crippen LogP contribution in [0.2, 0.25) is 0 Å². The number of hydrogen-bond donors (Lipinski definition) is 2. The Bertz CT molecular complexity index is 584. The van der Waals surface area contributed by atoms with Crippen LogP contribution in [0.4, 0.5) is 0 Å². The van der Waals surface area contributed by atoms with Gasteiger partial charge in [0.1, 0.15) is 0 Å². The minimum absolute atomic E-state index is 0.0110. The molecular formula is C12H15BrN6O. The van der Waals surface area contributed by atoms with E-state index in [1.807, 2.05) is 12.3 Å². The summed E-state index contributed by atoms with van der Waals surface area (Å²) in [6, 6.07) is 1.96. The van der Waals surface area contributed by atoms with Crippen LogP contribution >= 0.6 is 15.9 Å². The standard InChI is InChI=1S/C12H15BrN6O/c13-9-5-10(14-6-9)7-15-12(20)8-1-2-11-16-17-18-19(11)4-3-8/h5-6,8,14H,1-4,7H2,(H,15,20). The molecule has 1 aliphatic rings. The van der Waals surface area contributed by atoms with Crippen LogP contribution in [0.1, 0.15) is 24.4 Å². The molecule has 2 aromatic heterocycles. The summed E-state index contributed by atoms with van der Waals surface area (Å²) >= 11 is 3.37. The minimum atomic E-state index is 0.0110. The minimum Gasteiger partial charge on any atom is -0.362 e. The monoisotopic (exact) mass is 338 g/mol. The molecule has 20 heavy (non-hydrogen) atoms. The number of rotatable bonds is 3. The van der Waals surface area contributed by atoms with Crippen molar-refractivity contribution in [3.63, 3.8) is 0 Å². The summed E-state index contributed by atoms with van der Waals surface area (Å²) in [6.45, 7) is 1.22. The zero-order chi connectivity index (χ0) is 13.9. The molecule has 1 aliphatic heterocycles. The maximum absolute atomic E-state index is 12.2. The Morgan fingerprint density at radius 3 is 3.25 bits per heavy atom. The van der Waals surface area contributed by atoms with E-state index in [9.17, 15) is 4.79 Å². The molecule has 1 unspecified atom stereocenters. The average Bonchev–Trinajstić information content (AvgIpc) is 3.01. The fraction of sp³-hybridized carbons (Fsp3) is 0.500. The molecule has 3 heterocycles. The predicted molar refractivity (Wildman–Crippen MR) is 74.6 cm³/mol. The summed E-state index contributed by atoms with van der Waals surface area (Å²) in [4.78, 5) is 15.3. The van der Waals surface area contributed by atoms with Crippen molar-refractivity contribution in [3.05, 3.63) is 28.3 Å². The van der Waals surface area contributed by atoms with Crippen LogP contribution in [0.5, 0.6) is 0 Å². The lowest BCUT2D eigenvalue weighted by atomic mass is 9.99. The number of aromatic nitrogens is 5. The number of fused-ring (bicyclic) bond motifs is 1. The van der Waals surface area contributed by atoms with Crippen LogP contribution < -0.4 is 5.32 Å². The van der Waals surface area contributed by atoms with Gasteiger partial charge in [-0.05, 0) is 45.3 Å². The third kappa shape index (κ3) is 2.90. The van der Waals surface area contributed by atoms with Gasteiger partial charge >= 0.3 is 0 Å². The molecule has 0 radical (unpaired) electrons. The molecule has 0 fully saturated rings. The molecule has 3 rings (SSSR count). The number of amides is 1. The van der Waals surface area contributed by atoms with Crippen LogP contribution in [0, 0.1) is 5.92 Å². The highest BCUT2D eigenvalue weighted by Gasteiger charge is 2.23. The number of nitrogens with one attached hydrogen (secondary N) is 2. The Morgan fingerprint density at radius 1 is 1.55 bits per heavy atom. The average molecular weight is 339 g/mol. The molecule has 106 valence electrons. The number of tetrazole rings is 1. The molecule has 2 N–H and O–H groups in total. The Kier molecular flexibility index (Phi) is 3.81. The smallest absolute Gasteiger partial charge is 0.223 e. The zero-order valence-electron chi connectivity index (χ0n) is 10.8. The highest BCUT2D eigenvalue weighted by molar-refractivity contribution is 9.10. The Hall–Kier alpha value is -1.70. The largest absolute Gasteiger partial charge is 0.362 e. The number of aryl methyl sites for hydroxylation is 2. The van der Waals surface area contributed by atoms with E-state index in [2.05, 4.69) is 41.8 Å². The number of nitrogens with zero attached hydrogens (tertiary/aromatic N) is 4. The van der Waals surface area contributed by atoms with E-state index in [-0.39, 0.29) is 11.8 Å². The SMILES string of the molecule is O=C(NCc1cc(Br)c[nH]1)C1CCc2nnnn2CC1. The quantitative estimate of drug-likeness (QED) is 0.874. The van der Waals surface area contributed by atoms with Crippen LogP contribution in [0.25, 0.3) is 0 Å². The molecule has 1 amide bonds. The molecule has 1 atom stereocenters. The van der Waals surface area contributed by atoms with Gasteiger partial charge in [0.05, 0.1) is 6.54 Å². The molecule has 2 aromatic rings. The van der Waals surface area contributed by atoms with E-state index in [4.69, 9.17) is 0 Å². The van der Waals surface area contributed by atoms with E-state index in [1.54, 1.807) is 4.68 Å². The summed E-state index contributed by atoms with van der Waals surface area (Å²) in [6.07, 6.45) is 4.17. The number of aromatic amines is 1. The molecule has 0 saturated carbocycles. The molecule has 0 spiro atoms. The molecular weight excluding hydrogens is 324 g/mol. The molecule has 0 bridgehead atoms. The lowest BCUT2D eigenvalue weighted by Crippen LogP contribution is -2.30. The Balaban J connectivity index is 1.54. The summed E-state index contributed by atoms with van der Waals surface area (Å²) < 4.78 is 2.77. The number of carbonyl (C=O) groups excluding carboxylic acids is 1. The molecule has 0 aliphatic carbocycles. The number of H-pyrrole nitrogens is 1. The zero-order valence-corrected chi connectivity index (χ0v) is 12.4. The Labute approximate surface area is 124 Å². The van der Waals surface area contributed by atoms with E-state index in [1.165, 1.54) is 0 Å². The first-order valence-electron chi connectivity index (χ1n) is 6.58. The van der Waals surface area contributed by atoms with Crippen molar-refractivity contribution in [2.75, 3.05) is 0 Å². The fourth-order valence-electron chi connectivity index (χ4n) is 2.40. The third-order valence-electron chi connectivity index (χ3n) is 3.54. The third-order valence-corrected chi connectivity index (χ3v) is 4.00. The number of carbonyl (C=O) groups is 1. The van der Waals surface area contributed by atoms with Gasteiger partial charge in [0.25, 0.3) is 0 Å². The van der Waals surface area contributed by atoms with Gasteiger partial charge in [-0.25, -0.2) is 4.68 Å². The van der Waals surface area contributed by atoms with Gasteiger partial charge in [-0.2, -0.15) is 0 Å². The first kappa shape index (κ1) is 13.3. The highest BCUT2D eigenvalue weighted by atomic mass is 79.9. The van der Waals surface area contributed by atoms with Crippen molar-refractivity contribution in [2.24, 2.45) is 5.92 Å². The van der Waals surface area contributed by atoms with Crippen molar-refractivity contribution < 1.29 is 4.79 Å². The first-order chi connectivity index (χ1) is 9.72. The van der Waals surface area contributed by atoms with Gasteiger partial charge in [0.2, 0.25) is 5.91 Å². The van der Waals surface area contributed by atoms with Crippen LogP contribution in [0.3, 0.4) is 0 Å². The second kappa shape index (κ2) is 5.74. The molecule has 8 heteroatoms. The lowest BCUT2D eigenvalue weighted by molar-refractivity contribution is -0.125. The van der Waals surface area contributed by atoms with Gasteiger partial charge in [-0.1, -0.05) is 0 Å². The maximum atomic E-state index is 12.2. The van der Waals surface area contributed by atoms with E-state index >= 15 is 0 Å². The maximum Gasteiger partial charge on any atom is 0.223 e. The van der Waals surface area contributed by atoms with Crippen molar-refractivity contribution >= 4 is 21.8 Å². The summed E-state index contributed by atoms with van der Waals surface area (Å²) in [7, 11) is 0.